The Bertz CT molecular complexity index is 759. The highest BCUT2D eigenvalue weighted by Crippen LogP contribution is 2.15. The number of halogens is 2. The Morgan fingerprint density at radius 1 is 0.931 bits per heavy atom. The van der Waals surface area contributed by atoms with Gasteiger partial charge in [0.1, 0.15) is 0 Å². The quantitative estimate of drug-likeness (QED) is 0.274. The molecule has 2 rings (SSSR count). The van der Waals surface area contributed by atoms with Crippen molar-refractivity contribution >= 4 is 23.2 Å². The summed E-state index contributed by atoms with van der Waals surface area (Å²) in [6, 6.07) is 7.26. The zero-order valence-electron chi connectivity index (χ0n) is 16.1. The zero-order valence-corrected chi connectivity index (χ0v) is 17.6. The molecule has 9 heteroatoms. The Morgan fingerprint density at radius 2 is 1.41 bits per heavy atom. The molecular formula is C20H25Cl2N5O2. The molecule has 29 heavy (non-hydrogen) atoms. The van der Waals surface area contributed by atoms with Gasteiger partial charge in [-0.15, -0.1) is 0 Å². The summed E-state index contributed by atoms with van der Waals surface area (Å²) in [6.45, 7) is 1.25. The van der Waals surface area contributed by atoms with Crippen LogP contribution < -0.4 is 10.6 Å². The maximum Gasteiger partial charge on any atom is 0.274 e. The third-order valence-corrected chi connectivity index (χ3v) is 4.90. The van der Waals surface area contributed by atoms with Crippen molar-refractivity contribution in [3.8, 4) is 0 Å². The second-order valence-corrected chi connectivity index (χ2v) is 7.27. The van der Waals surface area contributed by atoms with E-state index in [9.17, 15) is 10.1 Å². The van der Waals surface area contributed by atoms with Crippen molar-refractivity contribution in [3.05, 3.63) is 80.2 Å². The molecule has 0 aromatic carbocycles. The third kappa shape index (κ3) is 9.11. The predicted octanol–water partition coefficient (Wildman–Crippen LogP) is 4.38. The number of hydrogen-bond acceptors (Lipinski definition) is 6. The highest BCUT2D eigenvalue weighted by molar-refractivity contribution is 6.31. The molecule has 0 aliphatic rings. The van der Waals surface area contributed by atoms with Gasteiger partial charge >= 0.3 is 0 Å². The Kier molecular flexibility index (Phi) is 10.2. The molecule has 2 aromatic heterocycles. The van der Waals surface area contributed by atoms with Crippen LogP contribution in [0.4, 0.5) is 0 Å². The first-order chi connectivity index (χ1) is 14.1. The Labute approximate surface area is 180 Å². The average molecular weight is 438 g/mol. The van der Waals surface area contributed by atoms with Crippen molar-refractivity contribution in [3.63, 3.8) is 0 Å². The van der Waals surface area contributed by atoms with Crippen molar-refractivity contribution in [1.29, 1.82) is 0 Å². The van der Waals surface area contributed by atoms with Crippen LogP contribution in [0.1, 0.15) is 37.1 Å². The molecule has 0 radical (unpaired) electrons. The standard InChI is InChI=1S/C20H25Cl2N5O2/c21-16-7-5-13-23-18(16)9-1-3-11-25-20(15-27(28)29)26-12-4-2-10-19-17(22)8-6-14-24-19/h5-8,13-15,25-26H,1-4,9-12H2. The molecule has 0 saturated carbocycles. The van der Waals surface area contributed by atoms with Crippen molar-refractivity contribution < 1.29 is 4.92 Å². The van der Waals surface area contributed by atoms with E-state index in [4.69, 9.17) is 23.2 Å². The largest absolute Gasteiger partial charge is 0.367 e. The molecule has 0 atom stereocenters. The molecule has 0 bridgehead atoms. The predicted molar refractivity (Wildman–Crippen MR) is 115 cm³/mol. The second-order valence-electron chi connectivity index (χ2n) is 6.46. The van der Waals surface area contributed by atoms with Crippen LogP contribution in [0.25, 0.3) is 0 Å². The molecule has 156 valence electrons. The minimum atomic E-state index is -0.462. The number of nitrogens with zero attached hydrogens (tertiary/aromatic N) is 3. The molecule has 0 unspecified atom stereocenters. The SMILES string of the molecule is O=[N+]([O-])C=C(NCCCCc1ncccc1Cl)NCCCCc1ncccc1Cl. The molecule has 2 aromatic rings. The smallest absolute Gasteiger partial charge is 0.274 e. The number of aromatic nitrogens is 2. The topological polar surface area (TPSA) is 93.0 Å². The molecule has 0 amide bonds. The Hall–Kier alpha value is -2.38. The molecule has 0 aliphatic carbocycles. The van der Waals surface area contributed by atoms with Crippen molar-refractivity contribution in [1.82, 2.24) is 20.6 Å². The Balaban J connectivity index is 1.65. The lowest BCUT2D eigenvalue weighted by Crippen LogP contribution is -2.29. The first-order valence-electron chi connectivity index (χ1n) is 9.58. The minimum absolute atomic E-state index is 0.418. The van der Waals surface area contributed by atoms with Gasteiger partial charge in [0.15, 0.2) is 5.82 Å². The van der Waals surface area contributed by atoms with Gasteiger partial charge in [-0.05, 0) is 62.8 Å². The third-order valence-electron chi connectivity index (χ3n) is 4.22. The van der Waals surface area contributed by atoms with Gasteiger partial charge in [-0.1, -0.05) is 23.2 Å². The molecule has 0 spiro atoms. The van der Waals surface area contributed by atoms with Gasteiger partial charge in [0.25, 0.3) is 6.20 Å². The summed E-state index contributed by atoms with van der Waals surface area (Å²) in [5.74, 6) is 0.418. The lowest BCUT2D eigenvalue weighted by atomic mass is 10.1. The number of aryl methyl sites for hydroxylation is 2. The van der Waals surface area contributed by atoms with E-state index in [2.05, 4.69) is 20.6 Å². The normalized spacial score (nSPS) is 10.4. The highest BCUT2D eigenvalue weighted by Gasteiger charge is 2.05. The van der Waals surface area contributed by atoms with E-state index in [-0.39, 0.29) is 0 Å². The van der Waals surface area contributed by atoms with Crippen LogP contribution >= 0.6 is 23.2 Å². The summed E-state index contributed by atoms with van der Waals surface area (Å²) >= 11 is 12.2. The first-order valence-corrected chi connectivity index (χ1v) is 10.3. The molecule has 7 nitrogen and oxygen atoms in total. The number of nitro groups is 1. The number of nitrogens with one attached hydrogen (secondary N) is 2. The monoisotopic (exact) mass is 437 g/mol. The van der Waals surface area contributed by atoms with Crippen LogP contribution in [-0.2, 0) is 12.8 Å². The lowest BCUT2D eigenvalue weighted by Gasteiger charge is -2.11. The summed E-state index contributed by atoms with van der Waals surface area (Å²) in [6.07, 6.45) is 9.44. The molecule has 0 fully saturated rings. The van der Waals surface area contributed by atoms with E-state index in [1.807, 2.05) is 12.1 Å². The van der Waals surface area contributed by atoms with Crippen LogP contribution in [-0.4, -0.2) is 28.0 Å². The highest BCUT2D eigenvalue weighted by atomic mass is 35.5. The van der Waals surface area contributed by atoms with Crippen LogP contribution in [0.5, 0.6) is 0 Å². The fraction of sp³-hybridized carbons (Fsp3) is 0.400. The van der Waals surface area contributed by atoms with Crippen molar-refractivity contribution in [2.24, 2.45) is 0 Å². The number of unbranched alkanes of at least 4 members (excludes halogenated alkanes) is 2. The molecular weight excluding hydrogens is 413 g/mol. The van der Waals surface area contributed by atoms with Gasteiger partial charge < -0.3 is 10.6 Å². The molecule has 0 saturated heterocycles. The van der Waals surface area contributed by atoms with Gasteiger partial charge in [-0.25, -0.2) is 0 Å². The maximum atomic E-state index is 10.8. The van der Waals surface area contributed by atoms with Gasteiger partial charge in [0, 0.05) is 25.5 Å². The minimum Gasteiger partial charge on any atom is -0.367 e. The molecule has 0 aliphatic heterocycles. The number of hydrogen-bond donors (Lipinski definition) is 2. The number of rotatable bonds is 13. The number of pyridine rings is 2. The summed E-state index contributed by atoms with van der Waals surface area (Å²) in [7, 11) is 0. The fourth-order valence-electron chi connectivity index (χ4n) is 2.74. The van der Waals surface area contributed by atoms with Crippen LogP contribution in [0, 0.1) is 10.1 Å². The van der Waals surface area contributed by atoms with Crippen molar-refractivity contribution in [2.75, 3.05) is 13.1 Å². The lowest BCUT2D eigenvalue weighted by molar-refractivity contribution is -0.404. The maximum absolute atomic E-state index is 10.8. The van der Waals surface area contributed by atoms with Crippen molar-refractivity contribution in [2.45, 2.75) is 38.5 Å². The average Bonchev–Trinajstić information content (AvgIpc) is 2.69. The summed E-state index contributed by atoms with van der Waals surface area (Å²) < 4.78 is 0. The molecule has 2 heterocycles. The van der Waals surface area contributed by atoms with Gasteiger partial charge in [-0.3, -0.25) is 20.1 Å². The van der Waals surface area contributed by atoms with E-state index in [0.29, 0.717) is 29.0 Å². The fourth-order valence-corrected chi connectivity index (χ4v) is 3.18. The zero-order chi connectivity index (χ0) is 20.9. The van der Waals surface area contributed by atoms with E-state index in [1.54, 1.807) is 24.5 Å². The van der Waals surface area contributed by atoms with Crippen LogP contribution in [0.3, 0.4) is 0 Å². The van der Waals surface area contributed by atoms with E-state index in [1.165, 1.54) is 0 Å². The van der Waals surface area contributed by atoms with E-state index in [0.717, 1.165) is 56.1 Å². The van der Waals surface area contributed by atoms with Crippen LogP contribution in [0.15, 0.2) is 48.7 Å². The summed E-state index contributed by atoms with van der Waals surface area (Å²) in [4.78, 5) is 18.9. The molecule has 2 N–H and O–H groups in total. The summed E-state index contributed by atoms with van der Waals surface area (Å²) in [5, 5.41) is 18.4. The van der Waals surface area contributed by atoms with Crippen LogP contribution in [0.2, 0.25) is 10.0 Å². The van der Waals surface area contributed by atoms with E-state index < -0.39 is 4.92 Å². The van der Waals surface area contributed by atoms with E-state index >= 15 is 0 Å². The van der Waals surface area contributed by atoms with Gasteiger partial charge in [-0.2, -0.15) is 0 Å². The summed E-state index contributed by atoms with van der Waals surface area (Å²) in [5.41, 5.74) is 1.75. The first kappa shape index (κ1) is 22.9. The Morgan fingerprint density at radius 3 is 1.83 bits per heavy atom. The second kappa shape index (κ2) is 13.0. The van der Waals surface area contributed by atoms with Gasteiger partial charge in [0.2, 0.25) is 0 Å². The van der Waals surface area contributed by atoms with Gasteiger partial charge in [0.05, 0.1) is 26.4 Å².